The SMILES string of the molecule is CN(Cc1ccc(F)cc1)C(=O)CSc1nnnn1-c1cccc(F)c1. The first-order valence-electron chi connectivity index (χ1n) is 7.68. The van der Waals surface area contributed by atoms with Gasteiger partial charge >= 0.3 is 0 Å². The van der Waals surface area contributed by atoms with Crippen molar-refractivity contribution in [1.29, 1.82) is 0 Å². The molecule has 0 N–H and O–H groups in total. The zero-order chi connectivity index (χ0) is 18.5. The molecule has 3 rings (SSSR count). The highest BCUT2D eigenvalue weighted by molar-refractivity contribution is 7.99. The maximum atomic E-state index is 13.4. The maximum absolute atomic E-state index is 13.4. The molecule has 9 heteroatoms. The van der Waals surface area contributed by atoms with Crippen LogP contribution in [0.3, 0.4) is 0 Å². The Bertz CT molecular complexity index is 900. The Morgan fingerprint density at radius 1 is 1.15 bits per heavy atom. The number of benzene rings is 2. The number of aromatic nitrogens is 4. The van der Waals surface area contributed by atoms with Gasteiger partial charge in [0.05, 0.1) is 11.4 Å². The van der Waals surface area contributed by atoms with Crippen LogP contribution in [-0.2, 0) is 11.3 Å². The number of amides is 1. The summed E-state index contributed by atoms with van der Waals surface area (Å²) in [6.45, 7) is 0.370. The number of thioether (sulfide) groups is 1. The van der Waals surface area contributed by atoms with E-state index in [4.69, 9.17) is 0 Å². The molecular weight excluding hydrogens is 360 g/mol. The van der Waals surface area contributed by atoms with Crippen molar-refractivity contribution in [3.8, 4) is 5.69 Å². The fourth-order valence-corrected chi connectivity index (χ4v) is 3.06. The molecule has 0 saturated heterocycles. The van der Waals surface area contributed by atoms with Gasteiger partial charge in [-0.1, -0.05) is 30.0 Å². The highest BCUT2D eigenvalue weighted by atomic mass is 32.2. The third-order valence-electron chi connectivity index (χ3n) is 3.58. The largest absolute Gasteiger partial charge is 0.341 e. The van der Waals surface area contributed by atoms with Gasteiger partial charge in [-0.25, -0.2) is 8.78 Å². The maximum Gasteiger partial charge on any atom is 0.233 e. The van der Waals surface area contributed by atoms with Crippen LogP contribution < -0.4 is 0 Å². The van der Waals surface area contributed by atoms with E-state index in [-0.39, 0.29) is 17.5 Å². The van der Waals surface area contributed by atoms with E-state index in [1.807, 2.05) is 0 Å². The molecule has 0 unspecified atom stereocenters. The van der Waals surface area contributed by atoms with E-state index in [1.165, 1.54) is 33.8 Å². The molecule has 1 aromatic heterocycles. The van der Waals surface area contributed by atoms with Crippen LogP contribution in [0, 0.1) is 11.6 Å². The number of carbonyl (C=O) groups is 1. The van der Waals surface area contributed by atoms with Gasteiger partial charge in [0.2, 0.25) is 11.1 Å². The highest BCUT2D eigenvalue weighted by Gasteiger charge is 2.15. The lowest BCUT2D eigenvalue weighted by molar-refractivity contribution is -0.127. The van der Waals surface area contributed by atoms with Gasteiger partial charge in [0.15, 0.2) is 0 Å². The Morgan fingerprint density at radius 2 is 1.92 bits per heavy atom. The lowest BCUT2D eigenvalue weighted by Crippen LogP contribution is -2.27. The quantitative estimate of drug-likeness (QED) is 0.620. The Hall–Kier alpha value is -2.81. The molecular formula is C17H15F2N5OS. The highest BCUT2D eigenvalue weighted by Crippen LogP contribution is 2.19. The third kappa shape index (κ3) is 4.42. The first-order chi connectivity index (χ1) is 12.5. The molecule has 134 valence electrons. The van der Waals surface area contributed by atoms with Crippen molar-refractivity contribution in [3.05, 3.63) is 65.7 Å². The van der Waals surface area contributed by atoms with Crippen LogP contribution in [0.2, 0.25) is 0 Å². The van der Waals surface area contributed by atoms with Gasteiger partial charge in [0, 0.05) is 13.6 Å². The summed E-state index contributed by atoms with van der Waals surface area (Å²) in [6.07, 6.45) is 0. The number of halogens is 2. The lowest BCUT2D eigenvalue weighted by atomic mass is 10.2. The molecule has 0 aliphatic carbocycles. The van der Waals surface area contributed by atoms with Crippen molar-refractivity contribution >= 4 is 17.7 Å². The molecule has 1 amide bonds. The van der Waals surface area contributed by atoms with E-state index in [2.05, 4.69) is 15.5 Å². The number of tetrazole rings is 1. The van der Waals surface area contributed by atoms with Gasteiger partial charge < -0.3 is 4.90 Å². The van der Waals surface area contributed by atoms with Crippen LogP contribution in [0.4, 0.5) is 8.78 Å². The Morgan fingerprint density at radius 3 is 2.65 bits per heavy atom. The summed E-state index contributed by atoms with van der Waals surface area (Å²) >= 11 is 1.16. The van der Waals surface area contributed by atoms with Gasteiger partial charge in [0.25, 0.3) is 0 Å². The zero-order valence-corrected chi connectivity index (χ0v) is 14.7. The van der Waals surface area contributed by atoms with Gasteiger partial charge in [-0.2, -0.15) is 4.68 Å². The second-order valence-electron chi connectivity index (χ2n) is 5.52. The molecule has 0 atom stereocenters. The minimum atomic E-state index is -0.399. The van der Waals surface area contributed by atoms with E-state index in [1.54, 1.807) is 31.3 Å². The fourth-order valence-electron chi connectivity index (χ4n) is 2.23. The minimum Gasteiger partial charge on any atom is -0.341 e. The van der Waals surface area contributed by atoms with Gasteiger partial charge in [-0.3, -0.25) is 4.79 Å². The van der Waals surface area contributed by atoms with Crippen molar-refractivity contribution in [3.63, 3.8) is 0 Å². The Balaban J connectivity index is 1.61. The summed E-state index contributed by atoms with van der Waals surface area (Å²) in [6, 6.07) is 11.9. The van der Waals surface area contributed by atoms with Crippen molar-refractivity contribution in [1.82, 2.24) is 25.1 Å². The average Bonchev–Trinajstić information content (AvgIpc) is 3.10. The van der Waals surface area contributed by atoms with Crippen molar-refractivity contribution < 1.29 is 13.6 Å². The van der Waals surface area contributed by atoms with Crippen LogP contribution in [0.25, 0.3) is 5.69 Å². The summed E-state index contributed by atoms with van der Waals surface area (Å²) in [5.74, 6) is -0.729. The van der Waals surface area contributed by atoms with Crippen LogP contribution >= 0.6 is 11.8 Å². The molecule has 0 aliphatic rings. The predicted molar refractivity (Wildman–Crippen MR) is 92.7 cm³/mol. The second kappa shape index (κ2) is 8.05. The van der Waals surface area contributed by atoms with Crippen LogP contribution in [0.1, 0.15) is 5.56 Å². The summed E-state index contributed by atoms with van der Waals surface area (Å²) in [5, 5.41) is 11.7. The van der Waals surface area contributed by atoms with Crippen molar-refractivity contribution in [2.24, 2.45) is 0 Å². The van der Waals surface area contributed by atoms with Gasteiger partial charge in [-0.05, 0) is 46.3 Å². The first kappa shape index (κ1) is 18.0. The molecule has 0 radical (unpaired) electrons. The fraction of sp³-hybridized carbons (Fsp3) is 0.176. The lowest BCUT2D eigenvalue weighted by Gasteiger charge is -2.17. The molecule has 3 aromatic rings. The van der Waals surface area contributed by atoms with Crippen LogP contribution in [0.15, 0.2) is 53.7 Å². The molecule has 26 heavy (non-hydrogen) atoms. The summed E-state index contributed by atoms with van der Waals surface area (Å²) in [4.78, 5) is 13.8. The monoisotopic (exact) mass is 375 g/mol. The number of hydrogen-bond donors (Lipinski definition) is 0. The second-order valence-corrected chi connectivity index (χ2v) is 6.46. The third-order valence-corrected chi connectivity index (χ3v) is 4.48. The number of nitrogens with zero attached hydrogens (tertiary/aromatic N) is 5. The van der Waals surface area contributed by atoms with Crippen LogP contribution in [-0.4, -0.2) is 43.8 Å². The van der Waals surface area contributed by atoms with Gasteiger partial charge in [0.1, 0.15) is 11.6 Å². The number of rotatable bonds is 6. The van der Waals surface area contributed by atoms with Crippen LogP contribution in [0.5, 0.6) is 0 Å². The minimum absolute atomic E-state index is 0.118. The zero-order valence-electron chi connectivity index (χ0n) is 13.8. The molecule has 1 heterocycles. The van der Waals surface area contributed by atoms with E-state index < -0.39 is 5.82 Å². The first-order valence-corrected chi connectivity index (χ1v) is 8.67. The Kier molecular flexibility index (Phi) is 5.57. The topological polar surface area (TPSA) is 63.9 Å². The molecule has 0 bridgehead atoms. The number of carbonyl (C=O) groups excluding carboxylic acids is 1. The summed E-state index contributed by atoms with van der Waals surface area (Å²) < 4.78 is 27.7. The van der Waals surface area contributed by atoms with E-state index in [9.17, 15) is 13.6 Å². The average molecular weight is 375 g/mol. The normalized spacial score (nSPS) is 10.7. The van der Waals surface area contributed by atoms with E-state index >= 15 is 0 Å². The Labute approximate surface area is 152 Å². The predicted octanol–water partition coefficient (Wildman–Crippen LogP) is 2.69. The molecule has 0 fully saturated rings. The van der Waals surface area contributed by atoms with Gasteiger partial charge in [-0.15, -0.1) is 5.10 Å². The molecule has 0 aliphatic heterocycles. The van der Waals surface area contributed by atoms with E-state index in [0.717, 1.165) is 17.3 Å². The molecule has 0 spiro atoms. The molecule has 0 saturated carbocycles. The summed E-state index contributed by atoms with van der Waals surface area (Å²) in [7, 11) is 1.67. The van der Waals surface area contributed by atoms with Crippen molar-refractivity contribution in [2.45, 2.75) is 11.7 Å². The smallest absolute Gasteiger partial charge is 0.233 e. The molecule has 6 nitrogen and oxygen atoms in total. The standard InChI is InChI=1S/C17H15F2N5OS/c1-23(10-12-5-7-13(18)8-6-12)16(25)11-26-17-20-21-22-24(17)15-4-2-3-14(19)9-15/h2-9H,10-11H2,1H3. The summed E-state index contributed by atoms with van der Waals surface area (Å²) in [5.41, 5.74) is 1.31. The van der Waals surface area contributed by atoms with Crippen molar-refractivity contribution in [2.75, 3.05) is 12.8 Å². The van der Waals surface area contributed by atoms with E-state index in [0.29, 0.717) is 17.4 Å². The number of hydrogen-bond acceptors (Lipinski definition) is 5. The molecule has 2 aromatic carbocycles.